The maximum absolute atomic E-state index is 11.9. The molecule has 7 heteroatoms. The Kier molecular flexibility index (Phi) is 5.55. The van der Waals surface area contributed by atoms with Crippen molar-refractivity contribution in [1.29, 1.82) is 0 Å². The summed E-state index contributed by atoms with van der Waals surface area (Å²) in [6.07, 6.45) is 3.46. The van der Waals surface area contributed by atoms with E-state index in [1.165, 1.54) is 0 Å². The van der Waals surface area contributed by atoms with Crippen LogP contribution in [-0.2, 0) is 4.79 Å². The van der Waals surface area contributed by atoms with Crippen molar-refractivity contribution in [3.8, 4) is 5.75 Å². The molecule has 0 atom stereocenters. The number of H-pyrrole nitrogens is 1. The number of halogens is 2. The molecule has 1 amide bonds. The van der Waals surface area contributed by atoms with Crippen LogP contribution in [0.5, 0.6) is 5.75 Å². The number of aromatic amines is 1. The Hall–Kier alpha value is -2.12. The lowest BCUT2D eigenvalue weighted by Crippen LogP contribution is -2.24. The molecule has 0 aliphatic rings. The SMILES string of the molecule is Cc1cc(Br)cc(Br)c1OCC(=O)NN=Cc1c[nH]c2ccccc12. The Morgan fingerprint density at radius 3 is 2.92 bits per heavy atom. The monoisotopic (exact) mass is 463 g/mol. The van der Waals surface area contributed by atoms with Crippen molar-refractivity contribution in [3.63, 3.8) is 0 Å². The summed E-state index contributed by atoms with van der Waals surface area (Å²) in [5.74, 6) is 0.310. The summed E-state index contributed by atoms with van der Waals surface area (Å²) in [6.45, 7) is 1.80. The molecule has 0 bridgehead atoms. The van der Waals surface area contributed by atoms with Crippen molar-refractivity contribution in [1.82, 2.24) is 10.4 Å². The summed E-state index contributed by atoms with van der Waals surface area (Å²) in [6, 6.07) is 11.7. The molecular formula is C18H15Br2N3O2. The van der Waals surface area contributed by atoms with Crippen molar-refractivity contribution in [2.24, 2.45) is 5.10 Å². The Labute approximate surface area is 161 Å². The zero-order valence-corrected chi connectivity index (χ0v) is 16.5. The summed E-state index contributed by atoms with van der Waals surface area (Å²) < 4.78 is 7.31. The summed E-state index contributed by atoms with van der Waals surface area (Å²) in [4.78, 5) is 15.1. The molecule has 0 aliphatic heterocycles. The van der Waals surface area contributed by atoms with Gasteiger partial charge in [0.25, 0.3) is 5.91 Å². The zero-order valence-electron chi connectivity index (χ0n) is 13.3. The molecule has 0 fully saturated rings. The number of hydrogen-bond acceptors (Lipinski definition) is 3. The summed E-state index contributed by atoms with van der Waals surface area (Å²) >= 11 is 6.84. The van der Waals surface area contributed by atoms with E-state index in [1.54, 1.807) is 6.21 Å². The van der Waals surface area contributed by atoms with Crippen molar-refractivity contribution in [2.75, 3.05) is 6.61 Å². The van der Waals surface area contributed by atoms with Gasteiger partial charge in [0, 0.05) is 27.1 Å². The van der Waals surface area contributed by atoms with Crippen LogP contribution in [0.15, 0.2) is 56.6 Å². The van der Waals surface area contributed by atoms with Crippen LogP contribution in [0.25, 0.3) is 10.9 Å². The summed E-state index contributed by atoms with van der Waals surface area (Å²) in [5.41, 5.74) is 5.33. The largest absolute Gasteiger partial charge is 0.482 e. The smallest absolute Gasteiger partial charge is 0.277 e. The van der Waals surface area contributed by atoms with E-state index in [9.17, 15) is 4.79 Å². The van der Waals surface area contributed by atoms with E-state index in [0.29, 0.717) is 5.75 Å². The molecular weight excluding hydrogens is 450 g/mol. The number of benzene rings is 2. The van der Waals surface area contributed by atoms with E-state index in [0.717, 1.165) is 31.0 Å². The highest BCUT2D eigenvalue weighted by Gasteiger charge is 2.09. The molecule has 0 spiro atoms. The van der Waals surface area contributed by atoms with Crippen LogP contribution in [0.1, 0.15) is 11.1 Å². The number of carbonyl (C=O) groups excluding carboxylic acids is 1. The number of aromatic nitrogens is 1. The Balaban J connectivity index is 1.58. The lowest BCUT2D eigenvalue weighted by atomic mass is 10.2. The Morgan fingerprint density at radius 2 is 2.12 bits per heavy atom. The minimum atomic E-state index is -0.328. The van der Waals surface area contributed by atoms with Crippen LogP contribution in [0.4, 0.5) is 0 Å². The average molecular weight is 465 g/mol. The van der Waals surface area contributed by atoms with Gasteiger partial charge in [-0.25, -0.2) is 5.43 Å². The minimum Gasteiger partial charge on any atom is -0.482 e. The molecule has 1 aromatic heterocycles. The quantitative estimate of drug-likeness (QED) is 0.430. The molecule has 0 saturated carbocycles. The highest BCUT2D eigenvalue weighted by molar-refractivity contribution is 9.11. The van der Waals surface area contributed by atoms with E-state index < -0.39 is 0 Å². The molecule has 5 nitrogen and oxygen atoms in total. The zero-order chi connectivity index (χ0) is 17.8. The van der Waals surface area contributed by atoms with Crippen molar-refractivity contribution in [2.45, 2.75) is 6.92 Å². The Bertz CT molecular complexity index is 927. The van der Waals surface area contributed by atoms with Gasteiger partial charge in [0.05, 0.1) is 10.7 Å². The lowest BCUT2D eigenvalue weighted by Gasteiger charge is -2.10. The first-order valence-electron chi connectivity index (χ1n) is 7.51. The summed E-state index contributed by atoms with van der Waals surface area (Å²) in [7, 11) is 0. The van der Waals surface area contributed by atoms with E-state index in [-0.39, 0.29) is 12.5 Å². The van der Waals surface area contributed by atoms with Gasteiger partial charge in [0.15, 0.2) is 6.61 Å². The maximum Gasteiger partial charge on any atom is 0.277 e. The van der Waals surface area contributed by atoms with Gasteiger partial charge in [-0.15, -0.1) is 0 Å². The standard InChI is InChI=1S/C18H15Br2N3O2/c1-11-6-13(19)7-15(20)18(11)25-10-17(24)23-22-9-12-8-21-16-5-3-2-4-14(12)16/h2-9,21H,10H2,1H3,(H,23,24). The molecule has 128 valence electrons. The molecule has 0 aliphatic carbocycles. The van der Waals surface area contributed by atoms with E-state index in [4.69, 9.17) is 4.74 Å². The molecule has 0 unspecified atom stereocenters. The second kappa shape index (κ2) is 7.84. The van der Waals surface area contributed by atoms with E-state index in [1.807, 2.05) is 49.5 Å². The van der Waals surface area contributed by atoms with Crippen LogP contribution in [0.2, 0.25) is 0 Å². The van der Waals surface area contributed by atoms with Crippen LogP contribution >= 0.6 is 31.9 Å². The molecule has 3 aromatic rings. The molecule has 1 heterocycles. The third kappa shape index (κ3) is 4.29. The van der Waals surface area contributed by atoms with Gasteiger partial charge >= 0.3 is 0 Å². The van der Waals surface area contributed by atoms with Crippen LogP contribution in [0, 0.1) is 6.92 Å². The first-order valence-corrected chi connectivity index (χ1v) is 9.09. The minimum absolute atomic E-state index is 0.119. The fourth-order valence-electron chi connectivity index (χ4n) is 2.42. The predicted octanol–water partition coefficient (Wildman–Crippen LogP) is 4.53. The van der Waals surface area contributed by atoms with Crippen molar-refractivity contribution in [3.05, 3.63) is 62.7 Å². The number of hydrogen-bond donors (Lipinski definition) is 2. The summed E-state index contributed by atoms with van der Waals surface area (Å²) in [5, 5.41) is 5.04. The fourth-order valence-corrected chi connectivity index (χ4v) is 3.97. The number of nitrogens with zero attached hydrogens (tertiary/aromatic N) is 1. The number of rotatable bonds is 5. The third-order valence-electron chi connectivity index (χ3n) is 3.56. The van der Waals surface area contributed by atoms with E-state index >= 15 is 0 Å². The van der Waals surface area contributed by atoms with Crippen LogP contribution < -0.4 is 10.2 Å². The number of carbonyl (C=O) groups is 1. The van der Waals surface area contributed by atoms with Crippen molar-refractivity contribution < 1.29 is 9.53 Å². The first-order chi connectivity index (χ1) is 12.0. The topological polar surface area (TPSA) is 66.5 Å². The lowest BCUT2D eigenvalue weighted by molar-refractivity contribution is -0.123. The number of nitrogens with one attached hydrogen (secondary N) is 2. The highest BCUT2D eigenvalue weighted by Crippen LogP contribution is 2.32. The van der Waals surface area contributed by atoms with Gasteiger partial charge in [-0.1, -0.05) is 34.1 Å². The number of hydrazone groups is 1. The van der Waals surface area contributed by atoms with Crippen LogP contribution in [0.3, 0.4) is 0 Å². The number of para-hydroxylation sites is 1. The molecule has 0 radical (unpaired) electrons. The Morgan fingerprint density at radius 1 is 1.32 bits per heavy atom. The number of fused-ring (bicyclic) bond motifs is 1. The van der Waals surface area contributed by atoms with Gasteiger partial charge in [0.2, 0.25) is 0 Å². The predicted molar refractivity (Wildman–Crippen MR) is 106 cm³/mol. The average Bonchev–Trinajstić information content (AvgIpc) is 2.97. The van der Waals surface area contributed by atoms with Gasteiger partial charge in [-0.2, -0.15) is 5.10 Å². The molecule has 3 rings (SSSR count). The molecule has 25 heavy (non-hydrogen) atoms. The maximum atomic E-state index is 11.9. The number of ether oxygens (including phenoxy) is 1. The van der Waals surface area contributed by atoms with Gasteiger partial charge in [-0.3, -0.25) is 4.79 Å². The first kappa shape index (κ1) is 17.7. The molecule has 0 saturated heterocycles. The van der Waals surface area contributed by atoms with Gasteiger partial charge < -0.3 is 9.72 Å². The molecule has 2 aromatic carbocycles. The number of amides is 1. The normalized spacial score (nSPS) is 11.2. The van der Waals surface area contributed by atoms with Crippen molar-refractivity contribution >= 4 is 54.9 Å². The second-order valence-corrected chi connectivity index (χ2v) is 7.18. The van der Waals surface area contributed by atoms with E-state index in [2.05, 4.69) is 47.4 Å². The fraction of sp³-hybridized carbons (Fsp3) is 0.111. The van der Waals surface area contributed by atoms with Crippen LogP contribution in [-0.4, -0.2) is 23.7 Å². The third-order valence-corrected chi connectivity index (χ3v) is 4.60. The number of aryl methyl sites for hydroxylation is 1. The van der Waals surface area contributed by atoms with Gasteiger partial charge in [0.1, 0.15) is 5.75 Å². The highest BCUT2D eigenvalue weighted by atomic mass is 79.9. The molecule has 2 N–H and O–H groups in total. The van der Waals surface area contributed by atoms with Gasteiger partial charge in [-0.05, 0) is 46.6 Å². The second-order valence-electron chi connectivity index (χ2n) is 5.41.